The molecule has 1 saturated carbocycles. The van der Waals surface area contributed by atoms with Crippen LogP contribution < -0.4 is 10.6 Å². The van der Waals surface area contributed by atoms with Crippen molar-refractivity contribution in [3.8, 4) is 0 Å². The molecule has 0 amide bonds. The van der Waals surface area contributed by atoms with Gasteiger partial charge in [0, 0.05) is 31.7 Å². The van der Waals surface area contributed by atoms with E-state index in [4.69, 9.17) is 0 Å². The van der Waals surface area contributed by atoms with Gasteiger partial charge in [-0.2, -0.15) is 0 Å². The Morgan fingerprint density at radius 2 is 2.30 bits per heavy atom. The third-order valence-electron chi connectivity index (χ3n) is 3.25. The first-order chi connectivity index (χ1) is 9.86. The lowest BCUT2D eigenvalue weighted by Gasteiger charge is -2.09. The summed E-state index contributed by atoms with van der Waals surface area (Å²) in [4.78, 5) is 4.59. The molecule has 0 bridgehead atoms. The largest absolute Gasteiger partial charge is 0.357 e. The number of hydrogen-bond acceptors (Lipinski definition) is 3. The average Bonchev–Trinajstić information content (AvgIpc) is 3.18. The van der Waals surface area contributed by atoms with Crippen molar-refractivity contribution in [1.82, 2.24) is 25.2 Å². The van der Waals surface area contributed by atoms with Crippen LogP contribution in [-0.4, -0.2) is 39.7 Å². The van der Waals surface area contributed by atoms with Crippen LogP contribution in [0.4, 0.5) is 0 Å². The predicted octanol–water partition coefficient (Wildman–Crippen LogP) is 0.989. The number of aliphatic imine (C=N–C) groups is 1. The van der Waals surface area contributed by atoms with Gasteiger partial charge in [-0.1, -0.05) is 6.07 Å². The molecular weight excluding hydrogens is 252 g/mol. The van der Waals surface area contributed by atoms with Crippen LogP contribution in [0.3, 0.4) is 0 Å². The number of pyridine rings is 1. The highest BCUT2D eigenvalue weighted by Crippen LogP contribution is 2.18. The summed E-state index contributed by atoms with van der Waals surface area (Å²) in [7, 11) is 0. The van der Waals surface area contributed by atoms with Crippen molar-refractivity contribution in [2.75, 3.05) is 13.1 Å². The van der Waals surface area contributed by atoms with Crippen LogP contribution in [0.15, 0.2) is 29.4 Å². The van der Waals surface area contributed by atoms with E-state index in [2.05, 4.69) is 32.7 Å². The van der Waals surface area contributed by atoms with Crippen molar-refractivity contribution in [2.24, 2.45) is 4.99 Å². The molecule has 0 saturated heterocycles. The average molecular weight is 272 g/mol. The highest BCUT2D eigenvalue weighted by atomic mass is 15.2. The molecule has 0 unspecified atom stereocenters. The van der Waals surface area contributed by atoms with E-state index in [1.54, 1.807) is 0 Å². The van der Waals surface area contributed by atoms with Crippen molar-refractivity contribution in [3.05, 3.63) is 30.2 Å². The van der Waals surface area contributed by atoms with Crippen LogP contribution in [-0.2, 0) is 6.42 Å². The van der Waals surface area contributed by atoms with Crippen molar-refractivity contribution in [3.63, 3.8) is 0 Å². The lowest BCUT2D eigenvalue weighted by Crippen LogP contribution is -2.38. The molecule has 0 atom stereocenters. The molecule has 2 N–H and O–H groups in total. The zero-order chi connectivity index (χ0) is 13.8. The first-order valence-corrected chi connectivity index (χ1v) is 7.20. The molecule has 0 aromatic carbocycles. The maximum absolute atomic E-state index is 4.59. The number of aromatic nitrogens is 3. The van der Waals surface area contributed by atoms with Crippen LogP contribution in [0.2, 0.25) is 0 Å². The first-order valence-electron chi connectivity index (χ1n) is 7.20. The molecule has 2 aromatic rings. The molecule has 20 heavy (non-hydrogen) atoms. The number of rotatable bonds is 5. The van der Waals surface area contributed by atoms with Crippen LogP contribution in [0, 0.1) is 0 Å². The predicted molar refractivity (Wildman–Crippen MR) is 78.8 cm³/mol. The molecule has 1 aliphatic carbocycles. The summed E-state index contributed by atoms with van der Waals surface area (Å²) in [5.41, 5.74) is 0.884. The summed E-state index contributed by atoms with van der Waals surface area (Å²) < 4.78 is 2.01. The van der Waals surface area contributed by atoms with Crippen molar-refractivity contribution < 1.29 is 0 Å². The molecule has 0 spiro atoms. The topological polar surface area (TPSA) is 66.6 Å². The minimum Gasteiger partial charge on any atom is -0.357 e. The van der Waals surface area contributed by atoms with Gasteiger partial charge >= 0.3 is 0 Å². The van der Waals surface area contributed by atoms with Crippen molar-refractivity contribution in [1.29, 1.82) is 0 Å². The molecule has 0 radical (unpaired) electrons. The molecule has 106 valence electrons. The fourth-order valence-electron chi connectivity index (χ4n) is 2.07. The third-order valence-corrected chi connectivity index (χ3v) is 3.25. The Morgan fingerprint density at radius 1 is 1.40 bits per heavy atom. The smallest absolute Gasteiger partial charge is 0.191 e. The Kier molecular flexibility index (Phi) is 3.80. The molecule has 6 heteroatoms. The van der Waals surface area contributed by atoms with E-state index >= 15 is 0 Å². The highest BCUT2D eigenvalue weighted by Gasteiger charge is 2.21. The molecule has 1 fully saturated rings. The fourth-order valence-corrected chi connectivity index (χ4v) is 2.07. The number of guanidine groups is 1. The summed E-state index contributed by atoms with van der Waals surface area (Å²) in [6.45, 7) is 3.67. The van der Waals surface area contributed by atoms with Crippen molar-refractivity contribution >= 4 is 11.6 Å². The third kappa shape index (κ3) is 3.07. The van der Waals surface area contributed by atoms with Gasteiger partial charge in [0.15, 0.2) is 11.6 Å². The summed E-state index contributed by atoms with van der Waals surface area (Å²) >= 11 is 0. The Bertz CT molecular complexity index is 598. The van der Waals surface area contributed by atoms with Crippen LogP contribution in [0.1, 0.15) is 25.6 Å². The molecule has 0 aliphatic heterocycles. The lowest BCUT2D eigenvalue weighted by atomic mass is 10.4. The first kappa shape index (κ1) is 12.9. The maximum atomic E-state index is 4.59. The zero-order valence-corrected chi connectivity index (χ0v) is 11.7. The van der Waals surface area contributed by atoms with Gasteiger partial charge in [-0.05, 0) is 31.9 Å². The Labute approximate surface area is 118 Å². The van der Waals surface area contributed by atoms with E-state index in [0.29, 0.717) is 12.6 Å². The van der Waals surface area contributed by atoms with E-state index in [0.717, 1.165) is 30.4 Å². The monoisotopic (exact) mass is 272 g/mol. The zero-order valence-electron chi connectivity index (χ0n) is 11.7. The van der Waals surface area contributed by atoms with Gasteiger partial charge in [-0.15, -0.1) is 10.2 Å². The molecule has 3 rings (SSSR count). The van der Waals surface area contributed by atoms with Gasteiger partial charge in [0.25, 0.3) is 0 Å². The maximum Gasteiger partial charge on any atom is 0.191 e. The minimum absolute atomic E-state index is 0.613. The van der Waals surface area contributed by atoms with E-state index < -0.39 is 0 Å². The van der Waals surface area contributed by atoms with Crippen LogP contribution in [0.25, 0.3) is 5.65 Å². The van der Waals surface area contributed by atoms with E-state index in [1.165, 1.54) is 12.8 Å². The standard InChI is InChI=1S/C14H20N6/c1-2-15-14(17-11-6-7-11)16-9-8-13-19-18-12-5-3-4-10-20(12)13/h3-5,10-11H,2,6-9H2,1H3,(H2,15,16,17). The summed E-state index contributed by atoms with van der Waals surface area (Å²) in [5, 5.41) is 15.0. The minimum atomic E-state index is 0.613. The second kappa shape index (κ2) is 5.90. The summed E-state index contributed by atoms with van der Waals surface area (Å²) in [6, 6.07) is 6.52. The van der Waals surface area contributed by atoms with Gasteiger partial charge in [0.05, 0.1) is 0 Å². The van der Waals surface area contributed by atoms with Crippen LogP contribution >= 0.6 is 0 Å². The normalized spacial score (nSPS) is 15.6. The van der Waals surface area contributed by atoms with Crippen LogP contribution in [0.5, 0.6) is 0 Å². The highest BCUT2D eigenvalue weighted by molar-refractivity contribution is 5.80. The molecule has 6 nitrogen and oxygen atoms in total. The van der Waals surface area contributed by atoms with Gasteiger partial charge in [-0.3, -0.25) is 9.39 Å². The van der Waals surface area contributed by atoms with E-state index in [-0.39, 0.29) is 0 Å². The molecule has 1 aliphatic rings. The van der Waals surface area contributed by atoms with Gasteiger partial charge in [0.1, 0.15) is 5.82 Å². The fraction of sp³-hybridized carbons (Fsp3) is 0.500. The number of fused-ring (bicyclic) bond motifs is 1. The van der Waals surface area contributed by atoms with E-state index in [1.807, 2.05) is 28.8 Å². The second-order valence-corrected chi connectivity index (χ2v) is 4.97. The summed E-state index contributed by atoms with van der Waals surface area (Å²) in [6.07, 6.45) is 5.27. The van der Waals surface area contributed by atoms with Gasteiger partial charge < -0.3 is 10.6 Å². The second-order valence-electron chi connectivity index (χ2n) is 4.97. The number of nitrogens with zero attached hydrogens (tertiary/aromatic N) is 4. The number of hydrogen-bond donors (Lipinski definition) is 2. The van der Waals surface area contributed by atoms with Crippen molar-refractivity contribution in [2.45, 2.75) is 32.2 Å². The Morgan fingerprint density at radius 3 is 3.10 bits per heavy atom. The number of nitrogens with one attached hydrogen (secondary N) is 2. The molecular formula is C14H20N6. The summed E-state index contributed by atoms with van der Waals surface area (Å²) in [5.74, 6) is 1.86. The Balaban J connectivity index is 1.62. The SMILES string of the molecule is CCNC(=NCCc1nnc2ccccn12)NC1CC1. The lowest BCUT2D eigenvalue weighted by molar-refractivity contribution is 0.792. The molecule has 2 heterocycles. The molecule has 2 aromatic heterocycles. The van der Waals surface area contributed by atoms with Gasteiger partial charge in [0.2, 0.25) is 0 Å². The Hall–Kier alpha value is -2.11. The van der Waals surface area contributed by atoms with E-state index in [9.17, 15) is 0 Å². The van der Waals surface area contributed by atoms with Gasteiger partial charge in [-0.25, -0.2) is 0 Å². The quantitative estimate of drug-likeness (QED) is 0.629.